The van der Waals surface area contributed by atoms with Crippen LogP contribution in [0.15, 0.2) is 18.2 Å². The van der Waals surface area contributed by atoms with Crippen molar-refractivity contribution in [3.63, 3.8) is 0 Å². The zero-order chi connectivity index (χ0) is 9.42. The van der Waals surface area contributed by atoms with Gasteiger partial charge in [0.2, 0.25) is 0 Å². The second-order valence-electron chi connectivity index (χ2n) is 2.84. The Balaban J connectivity index is 2.96. The molecule has 66 valence electrons. The largest absolute Gasteiger partial charge is 0.385 e. The predicted molar refractivity (Wildman–Crippen MR) is 49.7 cm³/mol. The van der Waals surface area contributed by atoms with Gasteiger partial charge in [-0.2, -0.15) is 0 Å². The van der Waals surface area contributed by atoms with Gasteiger partial charge in [-0.1, -0.05) is 6.07 Å². The molecule has 0 unspecified atom stereocenters. The van der Waals surface area contributed by atoms with Gasteiger partial charge in [0.05, 0.1) is 5.69 Å². The summed E-state index contributed by atoms with van der Waals surface area (Å²) in [5, 5.41) is 0. The molecule has 0 bridgehead atoms. The van der Waals surface area contributed by atoms with Crippen LogP contribution in [0.25, 0.3) is 5.65 Å². The SMILES string of the molecule is Cc1nc2cccc(N)n2c1C=O. The van der Waals surface area contributed by atoms with E-state index >= 15 is 0 Å². The van der Waals surface area contributed by atoms with Crippen LogP contribution in [0.2, 0.25) is 0 Å². The van der Waals surface area contributed by atoms with Crippen molar-refractivity contribution in [1.29, 1.82) is 0 Å². The maximum Gasteiger partial charge on any atom is 0.168 e. The molecule has 2 aromatic rings. The molecule has 0 aliphatic rings. The molecular weight excluding hydrogens is 166 g/mol. The molecular formula is C9H9N3O. The van der Waals surface area contributed by atoms with Crippen molar-refractivity contribution in [3.8, 4) is 0 Å². The summed E-state index contributed by atoms with van der Waals surface area (Å²) in [7, 11) is 0. The van der Waals surface area contributed by atoms with Gasteiger partial charge in [-0.05, 0) is 19.1 Å². The monoisotopic (exact) mass is 175 g/mol. The Hall–Kier alpha value is -1.84. The molecule has 2 aromatic heterocycles. The number of anilines is 1. The normalized spacial score (nSPS) is 10.5. The number of nitrogen functional groups attached to an aromatic ring is 1. The van der Waals surface area contributed by atoms with E-state index in [4.69, 9.17) is 5.73 Å². The van der Waals surface area contributed by atoms with Gasteiger partial charge in [0.25, 0.3) is 0 Å². The summed E-state index contributed by atoms with van der Waals surface area (Å²) in [5.41, 5.74) is 7.64. The second kappa shape index (κ2) is 2.58. The average Bonchev–Trinajstić information content (AvgIpc) is 2.42. The van der Waals surface area contributed by atoms with Crippen LogP contribution in [0.5, 0.6) is 0 Å². The fourth-order valence-electron chi connectivity index (χ4n) is 1.39. The first kappa shape index (κ1) is 7.79. The minimum absolute atomic E-state index is 0.521. The Bertz CT molecular complexity index is 473. The molecule has 0 aliphatic carbocycles. The maximum atomic E-state index is 10.7. The van der Waals surface area contributed by atoms with E-state index in [0.29, 0.717) is 22.9 Å². The average molecular weight is 175 g/mol. The fraction of sp³-hybridized carbons (Fsp3) is 0.111. The Labute approximate surface area is 75.0 Å². The Morgan fingerprint density at radius 3 is 3.00 bits per heavy atom. The molecule has 0 fully saturated rings. The number of hydrogen-bond donors (Lipinski definition) is 1. The molecule has 13 heavy (non-hydrogen) atoms. The van der Waals surface area contributed by atoms with Gasteiger partial charge in [-0.3, -0.25) is 9.20 Å². The van der Waals surface area contributed by atoms with Crippen LogP contribution in [0.1, 0.15) is 16.2 Å². The molecule has 2 heterocycles. The van der Waals surface area contributed by atoms with Gasteiger partial charge in [0, 0.05) is 0 Å². The summed E-state index contributed by atoms with van der Waals surface area (Å²) in [4.78, 5) is 14.9. The van der Waals surface area contributed by atoms with Crippen LogP contribution in [0, 0.1) is 6.92 Å². The van der Waals surface area contributed by atoms with E-state index in [1.165, 1.54) is 0 Å². The summed E-state index contributed by atoms with van der Waals surface area (Å²) in [6.45, 7) is 1.79. The summed E-state index contributed by atoms with van der Waals surface area (Å²) in [6.07, 6.45) is 0.770. The number of fused-ring (bicyclic) bond motifs is 1. The second-order valence-corrected chi connectivity index (χ2v) is 2.84. The number of carbonyl (C=O) groups excluding carboxylic acids is 1. The molecule has 0 spiro atoms. The molecule has 4 nitrogen and oxygen atoms in total. The summed E-state index contributed by atoms with van der Waals surface area (Å²) in [6, 6.07) is 5.36. The number of hydrogen-bond acceptors (Lipinski definition) is 3. The number of nitrogens with two attached hydrogens (primary N) is 1. The van der Waals surface area contributed by atoms with Gasteiger partial charge in [0.15, 0.2) is 6.29 Å². The first-order valence-electron chi connectivity index (χ1n) is 3.93. The van der Waals surface area contributed by atoms with Crippen molar-refractivity contribution in [2.45, 2.75) is 6.92 Å². The Kier molecular flexibility index (Phi) is 1.55. The molecule has 0 saturated heterocycles. The zero-order valence-electron chi connectivity index (χ0n) is 7.19. The Morgan fingerprint density at radius 2 is 2.31 bits per heavy atom. The third-order valence-electron chi connectivity index (χ3n) is 2.01. The van der Waals surface area contributed by atoms with Crippen molar-refractivity contribution in [3.05, 3.63) is 29.6 Å². The van der Waals surface area contributed by atoms with E-state index < -0.39 is 0 Å². The molecule has 0 saturated carbocycles. The number of aromatic nitrogens is 2. The minimum Gasteiger partial charge on any atom is -0.385 e. The number of pyridine rings is 1. The highest BCUT2D eigenvalue weighted by molar-refractivity contribution is 5.77. The van der Waals surface area contributed by atoms with Gasteiger partial charge in [-0.25, -0.2) is 4.98 Å². The number of aldehydes is 1. The van der Waals surface area contributed by atoms with Gasteiger partial charge >= 0.3 is 0 Å². The number of nitrogens with zero attached hydrogens (tertiary/aromatic N) is 2. The highest BCUT2D eigenvalue weighted by Crippen LogP contribution is 2.14. The lowest BCUT2D eigenvalue weighted by atomic mass is 10.3. The quantitative estimate of drug-likeness (QED) is 0.658. The molecule has 0 aromatic carbocycles. The molecule has 0 amide bonds. The number of rotatable bonds is 1. The van der Waals surface area contributed by atoms with Crippen LogP contribution in [-0.2, 0) is 0 Å². The highest BCUT2D eigenvalue weighted by Gasteiger charge is 2.08. The lowest BCUT2D eigenvalue weighted by Gasteiger charge is -1.99. The van der Waals surface area contributed by atoms with Crippen LogP contribution >= 0.6 is 0 Å². The number of aryl methyl sites for hydroxylation is 1. The van der Waals surface area contributed by atoms with Crippen LogP contribution < -0.4 is 5.73 Å². The van der Waals surface area contributed by atoms with Crippen LogP contribution in [0.4, 0.5) is 5.82 Å². The molecule has 2 N–H and O–H groups in total. The molecule has 2 rings (SSSR count). The first-order chi connectivity index (χ1) is 6.24. The first-order valence-corrected chi connectivity index (χ1v) is 3.93. The van der Waals surface area contributed by atoms with Crippen LogP contribution in [0.3, 0.4) is 0 Å². The lowest BCUT2D eigenvalue weighted by molar-refractivity contribution is 0.111. The van der Waals surface area contributed by atoms with Gasteiger partial charge in [0.1, 0.15) is 17.2 Å². The predicted octanol–water partition coefficient (Wildman–Crippen LogP) is 1.04. The topological polar surface area (TPSA) is 60.4 Å². The summed E-state index contributed by atoms with van der Waals surface area (Å²) >= 11 is 0. The molecule has 4 heteroatoms. The van der Waals surface area contributed by atoms with Crippen molar-refractivity contribution in [2.75, 3.05) is 5.73 Å². The fourth-order valence-corrected chi connectivity index (χ4v) is 1.39. The smallest absolute Gasteiger partial charge is 0.168 e. The third-order valence-corrected chi connectivity index (χ3v) is 2.01. The van der Waals surface area contributed by atoms with E-state index in [1.807, 2.05) is 12.1 Å². The third kappa shape index (κ3) is 0.989. The van der Waals surface area contributed by atoms with E-state index in [0.717, 1.165) is 6.29 Å². The van der Waals surface area contributed by atoms with E-state index in [1.54, 1.807) is 17.4 Å². The van der Waals surface area contributed by atoms with Crippen LogP contribution in [-0.4, -0.2) is 15.7 Å². The molecule has 0 radical (unpaired) electrons. The van der Waals surface area contributed by atoms with Crippen molar-refractivity contribution >= 4 is 17.8 Å². The van der Waals surface area contributed by atoms with E-state index in [-0.39, 0.29) is 0 Å². The number of carbonyl (C=O) groups is 1. The highest BCUT2D eigenvalue weighted by atomic mass is 16.1. The standard InChI is InChI=1S/C9H9N3O/c1-6-7(5-13)12-8(10)3-2-4-9(12)11-6/h2-5H,10H2,1H3. The summed E-state index contributed by atoms with van der Waals surface area (Å²) < 4.78 is 1.64. The molecule has 0 aliphatic heterocycles. The van der Waals surface area contributed by atoms with E-state index in [2.05, 4.69) is 4.98 Å². The Morgan fingerprint density at radius 1 is 1.54 bits per heavy atom. The lowest BCUT2D eigenvalue weighted by Crippen LogP contribution is -1.99. The van der Waals surface area contributed by atoms with Gasteiger partial charge < -0.3 is 5.73 Å². The maximum absolute atomic E-state index is 10.7. The number of imidazole rings is 1. The zero-order valence-corrected chi connectivity index (χ0v) is 7.19. The minimum atomic E-state index is 0.521. The summed E-state index contributed by atoms with van der Waals surface area (Å²) in [5.74, 6) is 0.528. The van der Waals surface area contributed by atoms with Crippen molar-refractivity contribution < 1.29 is 4.79 Å². The van der Waals surface area contributed by atoms with Gasteiger partial charge in [-0.15, -0.1) is 0 Å². The van der Waals surface area contributed by atoms with Crippen molar-refractivity contribution in [1.82, 2.24) is 9.38 Å². The van der Waals surface area contributed by atoms with E-state index in [9.17, 15) is 4.79 Å². The molecule has 0 atom stereocenters. The van der Waals surface area contributed by atoms with Crippen molar-refractivity contribution in [2.24, 2.45) is 0 Å².